The summed E-state index contributed by atoms with van der Waals surface area (Å²) in [6.45, 7) is 19.3. The molecular weight excluding hydrogens is 468 g/mol. The molecule has 0 saturated carbocycles. The zero-order valence-electron chi connectivity index (χ0n) is 23.4. The number of para-hydroxylation sites is 1. The summed E-state index contributed by atoms with van der Waals surface area (Å²) in [7, 11) is 0. The number of nitrogens with one attached hydrogen (secondary N) is 1. The first kappa shape index (κ1) is 28.6. The van der Waals surface area contributed by atoms with Crippen LogP contribution in [0.1, 0.15) is 59.6 Å². The van der Waals surface area contributed by atoms with Crippen molar-refractivity contribution < 1.29 is 6.22 Å². The predicted molar refractivity (Wildman–Crippen MR) is 162 cm³/mol. The van der Waals surface area contributed by atoms with Gasteiger partial charge in [0.05, 0.1) is 16.9 Å². The topological polar surface area (TPSA) is 58.1 Å². The molecule has 0 unspecified atom stereocenters. The highest BCUT2D eigenvalue weighted by molar-refractivity contribution is 5.91. The Hall–Kier alpha value is -3.95. The van der Waals surface area contributed by atoms with E-state index in [1.54, 1.807) is 18.3 Å². The Kier molecular flexibility index (Phi) is 9.81. The average Bonchev–Trinajstić information content (AvgIpc) is 2.95. The van der Waals surface area contributed by atoms with Crippen LogP contribution in [0.2, 0.25) is 0 Å². The third-order valence-corrected chi connectivity index (χ3v) is 6.54. The van der Waals surface area contributed by atoms with Gasteiger partial charge >= 0.3 is 0 Å². The third-order valence-electron chi connectivity index (χ3n) is 6.54. The molecule has 1 fully saturated rings. The fraction of sp³-hybridized carbons (Fsp3) is 0.333. The van der Waals surface area contributed by atoms with E-state index >= 15 is 0 Å². The van der Waals surface area contributed by atoms with E-state index in [0.29, 0.717) is 13.1 Å². The Balaban J connectivity index is 0.00000174. The van der Waals surface area contributed by atoms with Crippen LogP contribution >= 0.6 is 0 Å². The number of hydrogen-bond acceptors (Lipinski definition) is 4. The standard InChI is InChI=1S/C31H34N4O.C2H6.H2/c1-6-22-13-14-27(33-20-22)24-16-19-35(29(36)15-17-31(3,4)5)21-25(24)26(7-2)34-28-12-8-10-23-11-9-18-32-30(23)28;1-2;/h6,8-15,17-18,20,24-25,34H,1-2,16,19,21H2,3-5H3;1-2H3;1H/b17-15-;;/t24-,25-;;/m1../s1. The fourth-order valence-corrected chi connectivity index (χ4v) is 4.60. The maximum absolute atomic E-state index is 13.1. The first-order valence-corrected chi connectivity index (χ1v) is 13.4. The number of amides is 1. The van der Waals surface area contributed by atoms with Gasteiger partial charge in [0, 0.05) is 49.8 Å². The van der Waals surface area contributed by atoms with Crippen LogP contribution in [-0.2, 0) is 4.79 Å². The van der Waals surface area contributed by atoms with Crippen molar-refractivity contribution in [2.24, 2.45) is 11.3 Å². The molecule has 5 nitrogen and oxygen atoms in total. The number of hydrogen-bond donors (Lipinski definition) is 1. The zero-order valence-corrected chi connectivity index (χ0v) is 23.4. The van der Waals surface area contributed by atoms with E-state index in [9.17, 15) is 4.79 Å². The van der Waals surface area contributed by atoms with Gasteiger partial charge in [-0.2, -0.15) is 0 Å². The highest BCUT2D eigenvalue weighted by Crippen LogP contribution is 2.37. The van der Waals surface area contributed by atoms with Crippen molar-refractivity contribution in [2.45, 2.75) is 47.0 Å². The van der Waals surface area contributed by atoms with Gasteiger partial charge in [-0.05, 0) is 41.7 Å². The van der Waals surface area contributed by atoms with Crippen molar-refractivity contribution in [3.63, 3.8) is 0 Å². The van der Waals surface area contributed by atoms with E-state index in [1.165, 1.54) is 0 Å². The molecule has 3 heterocycles. The van der Waals surface area contributed by atoms with E-state index in [2.05, 4.69) is 56.0 Å². The van der Waals surface area contributed by atoms with Crippen LogP contribution in [0.4, 0.5) is 5.69 Å². The minimum Gasteiger partial charge on any atom is -0.350 e. The van der Waals surface area contributed by atoms with Crippen LogP contribution in [0.15, 0.2) is 91.6 Å². The molecule has 5 heteroatoms. The molecule has 1 N–H and O–H groups in total. The molecule has 1 aliphatic rings. The first-order chi connectivity index (χ1) is 18.3. The number of piperidine rings is 1. The number of carbonyl (C=O) groups excluding carboxylic acids is 1. The van der Waals surface area contributed by atoms with Crippen molar-refractivity contribution in [3.8, 4) is 0 Å². The highest BCUT2D eigenvalue weighted by atomic mass is 16.2. The Labute approximate surface area is 229 Å². The smallest absolute Gasteiger partial charge is 0.246 e. The lowest BCUT2D eigenvalue weighted by Crippen LogP contribution is -2.44. The van der Waals surface area contributed by atoms with E-state index < -0.39 is 0 Å². The zero-order chi connectivity index (χ0) is 27.7. The average molecular weight is 511 g/mol. The number of allylic oxidation sites excluding steroid dienone is 1. The first-order valence-electron chi connectivity index (χ1n) is 13.4. The van der Waals surface area contributed by atoms with E-state index in [4.69, 9.17) is 4.98 Å². The van der Waals surface area contributed by atoms with Crippen LogP contribution in [0.5, 0.6) is 0 Å². The second-order valence-corrected chi connectivity index (χ2v) is 10.3. The summed E-state index contributed by atoms with van der Waals surface area (Å²) in [6, 6.07) is 14.1. The van der Waals surface area contributed by atoms with Gasteiger partial charge in [0.15, 0.2) is 0 Å². The second-order valence-electron chi connectivity index (χ2n) is 10.3. The monoisotopic (exact) mass is 510 g/mol. The summed E-state index contributed by atoms with van der Waals surface area (Å²) in [6.07, 6.45) is 9.90. The summed E-state index contributed by atoms with van der Waals surface area (Å²) < 4.78 is 0. The lowest BCUT2D eigenvalue weighted by Gasteiger charge is -2.39. The molecule has 4 rings (SSSR count). The molecule has 1 aliphatic heterocycles. The molecule has 0 radical (unpaired) electrons. The van der Waals surface area contributed by atoms with Gasteiger partial charge in [0.25, 0.3) is 0 Å². The minimum atomic E-state index is -0.0562. The second kappa shape index (κ2) is 13.0. The van der Waals surface area contributed by atoms with E-state index in [1.807, 2.05) is 67.4 Å². The number of pyridine rings is 2. The van der Waals surface area contributed by atoms with Crippen molar-refractivity contribution in [1.82, 2.24) is 14.9 Å². The Morgan fingerprint density at radius 2 is 1.92 bits per heavy atom. The lowest BCUT2D eigenvalue weighted by molar-refractivity contribution is -0.127. The maximum atomic E-state index is 13.1. The Bertz CT molecular complexity index is 1330. The predicted octanol–water partition coefficient (Wildman–Crippen LogP) is 7.86. The minimum absolute atomic E-state index is 0. The van der Waals surface area contributed by atoms with E-state index in [0.717, 1.165) is 40.0 Å². The lowest BCUT2D eigenvalue weighted by atomic mass is 9.80. The highest BCUT2D eigenvalue weighted by Gasteiger charge is 2.35. The molecule has 200 valence electrons. The number of likely N-dealkylation sites (tertiary alicyclic amines) is 1. The van der Waals surface area contributed by atoms with Crippen LogP contribution < -0.4 is 5.32 Å². The number of aromatic nitrogens is 2. The SMILES string of the molecule is C=C=C(Nc1cccc2cccnc12)[C@@H]1CN(C(=O)/C=C\C(C)(C)C)CC[C@H]1c1ccc(C=C)cn1.CC.[HH]. The number of rotatable bonds is 6. The van der Waals surface area contributed by atoms with Crippen LogP contribution in [0.25, 0.3) is 17.0 Å². The third kappa shape index (κ3) is 7.08. The fourth-order valence-electron chi connectivity index (χ4n) is 4.60. The molecule has 2 atom stereocenters. The van der Waals surface area contributed by atoms with Gasteiger partial charge in [-0.1, -0.05) is 84.2 Å². The number of carbonyl (C=O) groups is 1. The molecule has 1 amide bonds. The van der Waals surface area contributed by atoms with E-state index in [-0.39, 0.29) is 24.6 Å². The number of fused-ring (bicyclic) bond motifs is 1. The number of anilines is 1. The Morgan fingerprint density at radius 1 is 1.16 bits per heavy atom. The van der Waals surface area contributed by atoms with Crippen LogP contribution in [0.3, 0.4) is 0 Å². The van der Waals surface area contributed by atoms with Gasteiger partial charge < -0.3 is 10.2 Å². The van der Waals surface area contributed by atoms with Crippen LogP contribution in [-0.4, -0.2) is 33.9 Å². The number of benzene rings is 1. The summed E-state index contributed by atoms with van der Waals surface area (Å²) >= 11 is 0. The number of nitrogens with zero attached hydrogens (tertiary/aromatic N) is 3. The molecule has 1 saturated heterocycles. The van der Waals surface area contributed by atoms with Crippen molar-refractivity contribution in [1.29, 1.82) is 0 Å². The Morgan fingerprint density at radius 3 is 2.58 bits per heavy atom. The summed E-state index contributed by atoms with van der Waals surface area (Å²) in [5, 5.41) is 4.61. The summed E-state index contributed by atoms with van der Waals surface area (Å²) in [5.41, 5.74) is 7.68. The molecule has 0 aliphatic carbocycles. The maximum Gasteiger partial charge on any atom is 0.246 e. The molecule has 0 spiro atoms. The van der Waals surface area contributed by atoms with Crippen molar-refractivity contribution in [2.75, 3.05) is 18.4 Å². The summed E-state index contributed by atoms with van der Waals surface area (Å²) in [5.74, 6) is 0.0852. The van der Waals surface area contributed by atoms with Gasteiger partial charge in [0.2, 0.25) is 5.91 Å². The van der Waals surface area contributed by atoms with Crippen molar-refractivity contribution >= 4 is 28.6 Å². The molecular formula is C33H42N4O. The molecule has 2 aromatic heterocycles. The largest absolute Gasteiger partial charge is 0.350 e. The van der Waals surface area contributed by atoms with Gasteiger partial charge in [-0.25, -0.2) is 0 Å². The van der Waals surface area contributed by atoms with Gasteiger partial charge in [-0.15, -0.1) is 5.73 Å². The normalized spacial score (nSPS) is 17.3. The van der Waals surface area contributed by atoms with Crippen LogP contribution in [0, 0.1) is 11.3 Å². The quantitative estimate of drug-likeness (QED) is 0.271. The van der Waals surface area contributed by atoms with Crippen molar-refractivity contribution in [3.05, 3.63) is 103 Å². The molecule has 0 bridgehead atoms. The van der Waals surface area contributed by atoms with Gasteiger partial charge in [0.1, 0.15) is 0 Å². The molecule has 38 heavy (non-hydrogen) atoms. The van der Waals surface area contributed by atoms with Gasteiger partial charge in [-0.3, -0.25) is 14.8 Å². The molecule has 3 aromatic rings. The summed E-state index contributed by atoms with van der Waals surface area (Å²) in [4.78, 5) is 24.3. The molecule has 1 aromatic carbocycles.